The Balaban J connectivity index is 1.92. The number of carbonyl (C=O) groups is 1. The fourth-order valence-electron chi connectivity index (χ4n) is 2.42. The van der Waals surface area contributed by atoms with Crippen molar-refractivity contribution in [2.75, 3.05) is 13.7 Å². The lowest BCUT2D eigenvalue weighted by Gasteiger charge is -2.06. The first-order valence-corrected chi connectivity index (χ1v) is 7.81. The van der Waals surface area contributed by atoms with E-state index in [2.05, 4.69) is 16.9 Å². The molecule has 1 N–H and O–H groups in total. The molecule has 1 amide bonds. The largest absolute Gasteiger partial charge is 0.497 e. The second-order valence-electron chi connectivity index (χ2n) is 5.30. The van der Waals surface area contributed by atoms with Crippen LogP contribution in [0.1, 0.15) is 10.4 Å². The Morgan fingerprint density at radius 2 is 2.00 bits per heavy atom. The van der Waals surface area contributed by atoms with Crippen LogP contribution in [-0.2, 0) is 0 Å². The average Bonchev–Trinajstić information content (AvgIpc) is 3.16. The summed E-state index contributed by atoms with van der Waals surface area (Å²) in [4.78, 5) is 16.6. The quantitative estimate of drug-likeness (QED) is 0.694. The molecule has 3 rings (SSSR count). The zero-order valence-electron chi connectivity index (χ0n) is 13.9. The average molecular weight is 334 g/mol. The molecule has 0 aliphatic carbocycles. The summed E-state index contributed by atoms with van der Waals surface area (Å²) in [5, 5.41) is 2.77. The molecule has 3 aromatic rings. The van der Waals surface area contributed by atoms with Crippen molar-refractivity contribution < 1.29 is 13.9 Å². The van der Waals surface area contributed by atoms with Gasteiger partial charge in [-0.15, -0.1) is 6.58 Å². The van der Waals surface area contributed by atoms with E-state index >= 15 is 0 Å². The molecule has 0 spiro atoms. The van der Waals surface area contributed by atoms with E-state index in [0.29, 0.717) is 29.3 Å². The van der Waals surface area contributed by atoms with Crippen molar-refractivity contribution in [1.29, 1.82) is 0 Å². The van der Waals surface area contributed by atoms with Gasteiger partial charge in [0.05, 0.1) is 18.9 Å². The summed E-state index contributed by atoms with van der Waals surface area (Å²) in [5.41, 5.74) is 2.03. The van der Waals surface area contributed by atoms with Crippen LogP contribution in [0.15, 0.2) is 71.8 Å². The summed E-state index contributed by atoms with van der Waals surface area (Å²) < 4.78 is 11.0. The number of amides is 1. The predicted molar refractivity (Wildman–Crippen MR) is 96.5 cm³/mol. The third kappa shape index (κ3) is 3.61. The van der Waals surface area contributed by atoms with E-state index in [9.17, 15) is 4.79 Å². The zero-order chi connectivity index (χ0) is 17.6. The number of carbonyl (C=O) groups excluding carboxylic acids is 1. The molecule has 0 atom stereocenters. The predicted octanol–water partition coefficient (Wildman–Crippen LogP) is 3.93. The molecule has 2 aromatic carbocycles. The fraction of sp³-hybridized carbons (Fsp3) is 0.100. The molecule has 5 heteroatoms. The molecule has 0 aliphatic rings. The van der Waals surface area contributed by atoms with Crippen LogP contribution in [0.3, 0.4) is 0 Å². The maximum Gasteiger partial charge on any atom is 0.252 e. The van der Waals surface area contributed by atoms with Crippen LogP contribution < -0.4 is 10.1 Å². The van der Waals surface area contributed by atoms with Gasteiger partial charge in [-0.05, 0) is 36.4 Å². The van der Waals surface area contributed by atoms with Crippen LogP contribution in [0.25, 0.3) is 22.8 Å². The standard InChI is InChI=1S/C20H18N2O3/c1-3-12-21-19(23)16-6-4-5-7-17(16)20-22-13-18(25-20)14-8-10-15(24-2)11-9-14/h3-11,13H,1,12H2,2H3,(H,21,23). The summed E-state index contributed by atoms with van der Waals surface area (Å²) in [6.45, 7) is 4.00. The van der Waals surface area contributed by atoms with Gasteiger partial charge in [-0.2, -0.15) is 0 Å². The van der Waals surface area contributed by atoms with Crippen LogP contribution in [0.5, 0.6) is 5.75 Å². The molecule has 0 radical (unpaired) electrons. The number of hydrogen-bond acceptors (Lipinski definition) is 4. The highest BCUT2D eigenvalue weighted by atomic mass is 16.5. The molecule has 0 aliphatic heterocycles. The van der Waals surface area contributed by atoms with Crippen molar-refractivity contribution in [2.45, 2.75) is 0 Å². The molecular weight excluding hydrogens is 316 g/mol. The van der Waals surface area contributed by atoms with Gasteiger partial charge in [0.25, 0.3) is 5.91 Å². The maximum absolute atomic E-state index is 12.3. The minimum atomic E-state index is -0.195. The normalized spacial score (nSPS) is 10.3. The summed E-state index contributed by atoms with van der Waals surface area (Å²) >= 11 is 0. The molecular formula is C20H18N2O3. The summed E-state index contributed by atoms with van der Waals surface area (Å²) in [7, 11) is 1.62. The molecule has 25 heavy (non-hydrogen) atoms. The van der Waals surface area contributed by atoms with E-state index < -0.39 is 0 Å². The second kappa shape index (κ2) is 7.49. The number of hydrogen-bond donors (Lipinski definition) is 1. The Hall–Kier alpha value is -3.34. The molecule has 0 saturated carbocycles. The Bertz CT molecular complexity index is 882. The Morgan fingerprint density at radius 1 is 1.24 bits per heavy atom. The number of oxazole rings is 1. The van der Waals surface area contributed by atoms with Crippen molar-refractivity contribution in [1.82, 2.24) is 10.3 Å². The Kier molecular flexibility index (Phi) is 4.95. The molecule has 1 heterocycles. The summed E-state index contributed by atoms with van der Waals surface area (Å²) in [5.74, 6) is 1.60. The van der Waals surface area contributed by atoms with Crippen molar-refractivity contribution >= 4 is 5.91 Å². The zero-order valence-corrected chi connectivity index (χ0v) is 13.9. The fourth-order valence-corrected chi connectivity index (χ4v) is 2.42. The summed E-state index contributed by atoms with van der Waals surface area (Å²) in [6, 6.07) is 14.7. The van der Waals surface area contributed by atoms with Crippen LogP contribution in [0, 0.1) is 0 Å². The van der Waals surface area contributed by atoms with E-state index in [1.54, 1.807) is 31.5 Å². The number of benzene rings is 2. The van der Waals surface area contributed by atoms with Crippen LogP contribution >= 0.6 is 0 Å². The third-order valence-electron chi connectivity index (χ3n) is 3.69. The van der Waals surface area contributed by atoms with Crippen molar-refractivity contribution in [3.63, 3.8) is 0 Å². The van der Waals surface area contributed by atoms with Gasteiger partial charge in [-0.1, -0.05) is 18.2 Å². The first-order valence-electron chi connectivity index (χ1n) is 7.81. The van der Waals surface area contributed by atoms with Gasteiger partial charge in [-0.3, -0.25) is 4.79 Å². The lowest BCUT2D eigenvalue weighted by Crippen LogP contribution is -2.23. The van der Waals surface area contributed by atoms with E-state index in [0.717, 1.165) is 11.3 Å². The van der Waals surface area contributed by atoms with E-state index in [1.807, 2.05) is 36.4 Å². The molecule has 0 saturated heterocycles. The van der Waals surface area contributed by atoms with Gasteiger partial charge in [0.15, 0.2) is 5.76 Å². The van der Waals surface area contributed by atoms with E-state index in [-0.39, 0.29) is 5.91 Å². The van der Waals surface area contributed by atoms with Crippen LogP contribution in [0.2, 0.25) is 0 Å². The lowest BCUT2D eigenvalue weighted by molar-refractivity contribution is 0.0958. The highest BCUT2D eigenvalue weighted by Crippen LogP contribution is 2.29. The van der Waals surface area contributed by atoms with Gasteiger partial charge in [0.2, 0.25) is 5.89 Å². The number of nitrogens with zero attached hydrogens (tertiary/aromatic N) is 1. The van der Waals surface area contributed by atoms with Crippen molar-refractivity contribution in [3.8, 4) is 28.5 Å². The van der Waals surface area contributed by atoms with Gasteiger partial charge in [0, 0.05) is 17.7 Å². The maximum atomic E-state index is 12.3. The smallest absolute Gasteiger partial charge is 0.252 e. The van der Waals surface area contributed by atoms with E-state index in [4.69, 9.17) is 9.15 Å². The van der Waals surface area contributed by atoms with Crippen molar-refractivity contribution in [3.05, 3.63) is 72.9 Å². The molecule has 0 bridgehead atoms. The highest BCUT2D eigenvalue weighted by molar-refractivity contribution is 6.00. The highest BCUT2D eigenvalue weighted by Gasteiger charge is 2.16. The summed E-state index contributed by atoms with van der Waals surface area (Å²) in [6.07, 6.45) is 3.28. The molecule has 5 nitrogen and oxygen atoms in total. The first-order chi connectivity index (χ1) is 12.2. The number of rotatable bonds is 6. The van der Waals surface area contributed by atoms with Crippen molar-refractivity contribution in [2.24, 2.45) is 0 Å². The number of nitrogens with one attached hydrogen (secondary N) is 1. The van der Waals surface area contributed by atoms with Crippen LogP contribution in [-0.4, -0.2) is 24.5 Å². The number of aromatic nitrogens is 1. The number of methoxy groups -OCH3 is 1. The third-order valence-corrected chi connectivity index (χ3v) is 3.69. The van der Waals surface area contributed by atoms with Gasteiger partial charge < -0.3 is 14.5 Å². The second-order valence-corrected chi connectivity index (χ2v) is 5.30. The molecule has 0 fully saturated rings. The molecule has 0 unspecified atom stereocenters. The van der Waals surface area contributed by atoms with Gasteiger partial charge in [0.1, 0.15) is 5.75 Å². The first kappa shape index (κ1) is 16.5. The molecule has 126 valence electrons. The van der Waals surface area contributed by atoms with Gasteiger partial charge >= 0.3 is 0 Å². The number of ether oxygens (including phenoxy) is 1. The van der Waals surface area contributed by atoms with Crippen LogP contribution in [0.4, 0.5) is 0 Å². The topological polar surface area (TPSA) is 64.4 Å². The van der Waals surface area contributed by atoms with Gasteiger partial charge in [-0.25, -0.2) is 4.98 Å². The molecule has 1 aromatic heterocycles. The van der Waals surface area contributed by atoms with E-state index in [1.165, 1.54) is 0 Å². The SMILES string of the molecule is C=CCNC(=O)c1ccccc1-c1ncc(-c2ccc(OC)cc2)o1. The Morgan fingerprint density at radius 3 is 2.72 bits per heavy atom. The monoisotopic (exact) mass is 334 g/mol. The lowest BCUT2D eigenvalue weighted by atomic mass is 10.1. The Labute approximate surface area is 146 Å². The minimum Gasteiger partial charge on any atom is -0.497 e. The minimum absolute atomic E-state index is 0.195.